The van der Waals surface area contributed by atoms with E-state index in [2.05, 4.69) is 19.2 Å². The van der Waals surface area contributed by atoms with Gasteiger partial charge in [-0.25, -0.2) is 0 Å². The summed E-state index contributed by atoms with van der Waals surface area (Å²) in [5.41, 5.74) is 5.51. The van der Waals surface area contributed by atoms with E-state index in [1.165, 1.54) is 6.42 Å². The van der Waals surface area contributed by atoms with Gasteiger partial charge in [-0.3, -0.25) is 4.79 Å². The van der Waals surface area contributed by atoms with Crippen molar-refractivity contribution in [3.05, 3.63) is 0 Å². The summed E-state index contributed by atoms with van der Waals surface area (Å²) in [5.74, 6) is 0.660. The highest BCUT2D eigenvalue weighted by atomic mass is 16.5. The number of ether oxygens (including phenoxy) is 1. The third-order valence-corrected chi connectivity index (χ3v) is 3.67. The van der Waals surface area contributed by atoms with Gasteiger partial charge in [0.2, 0.25) is 5.91 Å². The fourth-order valence-electron chi connectivity index (χ4n) is 2.50. The maximum atomic E-state index is 12.2. The van der Waals surface area contributed by atoms with Crippen molar-refractivity contribution in [2.75, 3.05) is 26.3 Å². The molecule has 0 bridgehead atoms. The molecule has 1 amide bonds. The van der Waals surface area contributed by atoms with Crippen molar-refractivity contribution in [2.24, 2.45) is 17.1 Å². The molecule has 0 heterocycles. The molecule has 1 fully saturated rings. The Morgan fingerprint density at radius 3 is 2.56 bits per heavy atom. The van der Waals surface area contributed by atoms with Crippen LogP contribution in [0.4, 0.5) is 0 Å². The summed E-state index contributed by atoms with van der Waals surface area (Å²) < 4.78 is 5.45. The van der Waals surface area contributed by atoms with Crippen LogP contribution in [0.3, 0.4) is 0 Å². The topological polar surface area (TPSA) is 64.3 Å². The smallest absolute Gasteiger partial charge is 0.227 e. The van der Waals surface area contributed by atoms with Crippen molar-refractivity contribution in [1.82, 2.24) is 5.32 Å². The number of nitrogens with one attached hydrogen (secondary N) is 1. The van der Waals surface area contributed by atoms with Gasteiger partial charge in [-0.15, -0.1) is 0 Å². The number of amides is 1. The normalized spacial score (nSPS) is 18.9. The molecule has 1 saturated carbocycles. The SMILES string of the molecule is CC(C)COCCNC(=O)C1(CN)CCCCC1. The highest BCUT2D eigenvalue weighted by molar-refractivity contribution is 5.83. The van der Waals surface area contributed by atoms with E-state index in [0.29, 0.717) is 25.6 Å². The third kappa shape index (κ3) is 4.58. The van der Waals surface area contributed by atoms with Crippen molar-refractivity contribution in [3.63, 3.8) is 0 Å². The predicted octanol–water partition coefficient (Wildman–Crippen LogP) is 1.68. The molecule has 0 radical (unpaired) electrons. The standard InChI is InChI=1S/C14H28N2O2/c1-12(2)10-18-9-8-16-13(17)14(11-15)6-4-3-5-7-14/h12H,3-11,15H2,1-2H3,(H,16,17). The number of rotatable bonds is 7. The summed E-state index contributed by atoms with van der Waals surface area (Å²) in [7, 11) is 0. The lowest BCUT2D eigenvalue weighted by molar-refractivity contribution is -0.132. The minimum absolute atomic E-state index is 0.123. The highest BCUT2D eigenvalue weighted by Crippen LogP contribution is 2.35. The van der Waals surface area contributed by atoms with Crippen LogP contribution in [0.5, 0.6) is 0 Å². The molecule has 4 nitrogen and oxygen atoms in total. The zero-order chi connectivity index (χ0) is 13.4. The molecule has 0 aromatic heterocycles. The van der Waals surface area contributed by atoms with Gasteiger partial charge in [-0.05, 0) is 18.8 Å². The summed E-state index contributed by atoms with van der Waals surface area (Å²) in [6.45, 7) is 6.62. The van der Waals surface area contributed by atoms with Crippen LogP contribution in [-0.4, -0.2) is 32.2 Å². The summed E-state index contributed by atoms with van der Waals surface area (Å²) in [6.07, 6.45) is 5.33. The van der Waals surface area contributed by atoms with Crippen LogP contribution in [0.15, 0.2) is 0 Å². The van der Waals surface area contributed by atoms with E-state index >= 15 is 0 Å². The monoisotopic (exact) mass is 256 g/mol. The van der Waals surface area contributed by atoms with E-state index in [0.717, 1.165) is 32.3 Å². The van der Waals surface area contributed by atoms with Gasteiger partial charge < -0.3 is 15.8 Å². The molecule has 1 rings (SSSR count). The zero-order valence-corrected chi connectivity index (χ0v) is 11.8. The third-order valence-electron chi connectivity index (χ3n) is 3.67. The summed E-state index contributed by atoms with van der Waals surface area (Å²) in [4.78, 5) is 12.2. The minimum Gasteiger partial charge on any atom is -0.379 e. The van der Waals surface area contributed by atoms with Crippen LogP contribution in [0.25, 0.3) is 0 Å². The number of hydrogen-bond donors (Lipinski definition) is 2. The molecule has 0 atom stereocenters. The van der Waals surface area contributed by atoms with E-state index in [1.807, 2.05) is 0 Å². The van der Waals surface area contributed by atoms with E-state index in [4.69, 9.17) is 10.5 Å². The first kappa shape index (κ1) is 15.4. The van der Waals surface area contributed by atoms with Crippen LogP contribution >= 0.6 is 0 Å². The molecule has 0 aromatic rings. The second-order valence-electron chi connectivity index (χ2n) is 5.77. The van der Waals surface area contributed by atoms with Crippen LogP contribution < -0.4 is 11.1 Å². The van der Waals surface area contributed by atoms with Crippen molar-refractivity contribution in [3.8, 4) is 0 Å². The van der Waals surface area contributed by atoms with Gasteiger partial charge in [0.05, 0.1) is 12.0 Å². The van der Waals surface area contributed by atoms with Crippen molar-refractivity contribution >= 4 is 5.91 Å². The number of nitrogens with two attached hydrogens (primary N) is 1. The van der Waals surface area contributed by atoms with E-state index in [1.54, 1.807) is 0 Å². The maximum absolute atomic E-state index is 12.2. The molecule has 0 spiro atoms. The Balaban J connectivity index is 2.25. The molecule has 1 aliphatic carbocycles. The lowest BCUT2D eigenvalue weighted by Crippen LogP contribution is -2.47. The Kier molecular flexibility index (Phi) is 6.65. The van der Waals surface area contributed by atoms with Crippen molar-refractivity contribution < 1.29 is 9.53 Å². The molecule has 0 saturated heterocycles. The molecular formula is C14H28N2O2. The van der Waals surface area contributed by atoms with E-state index in [9.17, 15) is 4.79 Å². The Bertz CT molecular complexity index is 248. The van der Waals surface area contributed by atoms with Crippen molar-refractivity contribution in [2.45, 2.75) is 46.0 Å². The second-order valence-corrected chi connectivity index (χ2v) is 5.77. The molecule has 106 valence electrons. The Morgan fingerprint density at radius 2 is 2.00 bits per heavy atom. The summed E-state index contributed by atoms with van der Waals surface area (Å²) in [5, 5.41) is 2.97. The lowest BCUT2D eigenvalue weighted by Gasteiger charge is -2.34. The molecule has 0 aliphatic heterocycles. The fourth-order valence-corrected chi connectivity index (χ4v) is 2.50. The summed E-state index contributed by atoms with van der Waals surface area (Å²) in [6, 6.07) is 0. The van der Waals surface area contributed by atoms with Gasteiger partial charge in [0.15, 0.2) is 0 Å². The Hall–Kier alpha value is -0.610. The zero-order valence-electron chi connectivity index (χ0n) is 11.8. The largest absolute Gasteiger partial charge is 0.379 e. The molecule has 0 unspecified atom stereocenters. The predicted molar refractivity (Wildman–Crippen MR) is 73.2 cm³/mol. The Morgan fingerprint density at radius 1 is 1.33 bits per heavy atom. The van der Waals surface area contributed by atoms with Gasteiger partial charge in [-0.2, -0.15) is 0 Å². The van der Waals surface area contributed by atoms with Gasteiger partial charge >= 0.3 is 0 Å². The van der Waals surface area contributed by atoms with E-state index < -0.39 is 0 Å². The molecule has 3 N–H and O–H groups in total. The molecule has 4 heteroatoms. The number of hydrogen-bond acceptors (Lipinski definition) is 3. The van der Waals surface area contributed by atoms with E-state index in [-0.39, 0.29) is 11.3 Å². The molecular weight excluding hydrogens is 228 g/mol. The molecule has 0 aromatic carbocycles. The van der Waals surface area contributed by atoms with Gasteiger partial charge in [0, 0.05) is 19.7 Å². The number of carbonyl (C=O) groups is 1. The lowest BCUT2D eigenvalue weighted by atomic mass is 9.73. The van der Waals surface area contributed by atoms with Crippen LogP contribution in [0.1, 0.15) is 46.0 Å². The van der Waals surface area contributed by atoms with Gasteiger partial charge in [0.1, 0.15) is 0 Å². The second kappa shape index (κ2) is 7.74. The van der Waals surface area contributed by atoms with Crippen LogP contribution in [-0.2, 0) is 9.53 Å². The van der Waals surface area contributed by atoms with Crippen molar-refractivity contribution in [1.29, 1.82) is 0 Å². The van der Waals surface area contributed by atoms with Gasteiger partial charge in [-0.1, -0.05) is 33.1 Å². The average Bonchev–Trinajstić information content (AvgIpc) is 2.38. The first-order valence-electron chi connectivity index (χ1n) is 7.17. The minimum atomic E-state index is -0.309. The first-order chi connectivity index (χ1) is 8.60. The quantitative estimate of drug-likeness (QED) is 0.681. The summed E-state index contributed by atoms with van der Waals surface area (Å²) >= 11 is 0. The highest BCUT2D eigenvalue weighted by Gasteiger charge is 2.37. The molecule has 18 heavy (non-hydrogen) atoms. The maximum Gasteiger partial charge on any atom is 0.227 e. The first-order valence-corrected chi connectivity index (χ1v) is 7.17. The van der Waals surface area contributed by atoms with Crippen LogP contribution in [0, 0.1) is 11.3 Å². The molecule has 1 aliphatic rings. The number of carbonyl (C=O) groups excluding carboxylic acids is 1. The average molecular weight is 256 g/mol. The Labute approximate surface area is 111 Å². The van der Waals surface area contributed by atoms with Gasteiger partial charge in [0.25, 0.3) is 0 Å². The fraction of sp³-hybridized carbons (Fsp3) is 0.929. The van der Waals surface area contributed by atoms with Crippen LogP contribution in [0.2, 0.25) is 0 Å².